The summed E-state index contributed by atoms with van der Waals surface area (Å²) in [6.45, 7) is -0.288. The van der Waals surface area contributed by atoms with Crippen LogP contribution in [0.5, 0.6) is 0 Å². The molecular weight excluding hydrogens is 306 g/mol. The van der Waals surface area contributed by atoms with Crippen LogP contribution in [0.4, 0.5) is 5.88 Å². The van der Waals surface area contributed by atoms with Gasteiger partial charge in [0.2, 0.25) is 0 Å². The molecule has 0 aliphatic carbocycles. The van der Waals surface area contributed by atoms with Gasteiger partial charge in [-0.3, -0.25) is 24.7 Å². The van der Waals surface area contributed by atoms with E-state index >= 15 is 0 Å². The predicted molar refractivity (Wildman–Crippen MR) is 77.7 cm³/mol. The third-order valence-electron chi connectivity index (χ3n) is 2.51. The third-order valence-corrected chi connectivity index (χ3v) is 2.51. The molecule has 10 heteroatoms. The van der Waals surface area contributed by atoms with Gasteiger partial charge in [0.25, 0.3) is 11.8 Å². The molecule has 0 unspecified atom stereocenters. The highest BCUT2D eigenvalue weighted by Gasteiger charge is 2.10. The summed E-state index contributed by atoms with van der Waals surface area (Å²) in [5.41, 5.74) is 2.47. The molecule has 2 aromatic rings. The van der Waals surface area contributed by atoms with Crippen molar-refractivity contribution < 1.29 is 18.9 Å². The summed E-state index contributed by atoms with van der Waals surface area (Å²) in [7, 11) is 0. The lowest BCUT2D eigenvalue weighted by atomic mass is 10.3. The number of hydrazone groups is 1. The first kappa shape index (κ1) is 15.8. The van der Waals surface area contributed by atoms with Gasteiger partial charge >= 0.3 is 5.88 Å². The molecule has 0 bridgehead atoms. The van der Waals surface area contributed by atoms with Crippen molar-refractivity contribution in [2.75, 3.05) is 6.54 Å². The minimum Gasteiger partial charge on any atom is -0.400 e. The highest BCUT2D eigenvalue weighted by atomic mass is 16.6. The lowest BCUT2D eigenvalue weighted by molar-refractivity contribution is -0.402. The summed E-state index contributed by atoms with van der Waals surface area (Å²) in [4.78, 5) is 36.7. The van der Waals surface area contributed by atoms with Gasteiger partial charge in [0, 0.05) is 12.4 Å². The zero-order valence-corrected chi connectivity index (χ0v) is 11.6. The number of nitrogens with one attached hydrogen (secondary N) is 2. The Hall–Kier alpha value is -3.56. The molecular formula is C13H11N5O5. The maximum absolute atomic E-state index is 11.7. The van der Waals surface area contributed by atoms with E-state index in [0.717, 1.165) is 12.3 Å². The summed E-state index contributed by atoms with van der Waals surface area (Å²) < 4.78 is 4.81. The molecule has 0 saturated heterocycles. The van der Waals surface area contributed by atoms with Crippen molar-refractivity contribution in [1.29, 1.82) is 0 Å². The number of pyridine rings is 1. The van der Waals surface area contributed by atoms with E-state index in [1.807, 2.05) is 0 Å². The van der Waals surface area contributed by atoms with E-state index in [2.05, 4.69) is 20.8 Å². The normalized spacial score (nSPS) is 10.4. The number of nitrogens with zero attached hydrogens (tertiary/aromatic N) is 3. The first-order chi connectivity index (χ1) is 11.1. The predicted octanol–water partition coefficient (Wildman–Crippen LogP) is 0.463. The van der Waals surface area contributed by atoms with Crippen LogP contribution in [0.15, 0.2) is 46.2 Å². The van der Waals surface area contributed by atoms with E-state index < -0.39 is 22.6 Å². The minimum atomic E-state index is -0.691. The Kier molecular flexibility index (Phi) is 5.12. The number of aromatic nitrogens is 1. The smallest absolute Gasteiger partial charge is 0.400 e. The molecule has 23 heavy (non-hydrogen) atoms. The average Bonchev–Trinajstić information content (AvgIpc) is 3.02. The molecule has 2 heterocycles. The molecule has 118 valence electrons. The topological polar surface area (TPSA) is 140 Å². The third kappa shape index (κ3) is 4.74. The van der Waals surface area contributed by atoms with Crippen molar-refractivity contribution in [3.05, 3.63) is 58.1 Å². The SMILES string of the molecule is O=C(CNC(=O)c1cccnc1)NN=Cc1ccc([N+](=O)[O-])o1. The van der Waals surface area contributed by atoms with Crippen LogP contribution in [-0.2, 0) is 4.79 Å². The molecule has 0 radical (unpaired) electrons. The largest absolute Gasteiger partial charge is 0.433 e. The van der Waals surface area contributed by atoms with Crippen LogP contribution in [0.1, 0.15) is 16.1 Å². The quantitative estimate of drug-likeness (QED) is 0.450. The van der Waals surface area contributed by atoms with E-state index in [9.17, 15) is 19.7 Å². The van der Waals surface area contributed by atoms with Gasteiger partial charge in [-0.05, 0) is 18.2 Å². The molecule has 0 atom stereocenters. The summed E-state index contributed by atoms with van der Waals surface area (Å²) in [5, 5.41) is 16.4. The minimum absolute atomic E-state index is 0.108. The molecule has 2 amide bonds. The standard InChI is InChI=1S/C13H11N5O5/c19-11(8-15-13(20)9-2-1-5-14-6-9)17-16-7-10-3-4-12(23-10)18(21)22/h1-7H,8H2,(H,15,20)(H,17,19). The van der Waals surface area contributed by atoms with Crippen molar-refractivity contribution in [3.63, 3.8) is 0 Å². The van der Waals surface area contributed by atoms with E-state index in [4.69, 9.17) is 4.42 Å². The Balaban J connectivity index is 1.77. The molecule has 0 saturated carbocycles. The van der Waals surface area contributed by atoms with Crippen molar-refractivity contribution in [2.24, 2.45) is 5.10 Å². The second kappa shape index (κ2) is 7.45. The van der Waals surface area contributed by atoms with Gasteiger partial charge in [-0.1, -0.05) is 0 Å². The van der Waals surface area contributed by atoms with Gasteiger partial charge < -0.3 is 9.73 Å². The van der Waals surface area contributed by atoms with Crippen molar-refractivity contribution in [1.82, 2.24) is 15.7 Å². The molecule has 0 aliphatic rings. The lowest BCUT2D eigenvalue weighted by Crippen LogP contribution is -2.34. The summed E-state index contributed by atoms with van der Waals surface area (Å²) in [5.74, 6) is -1.34. The van der Waals surface area contributed by atoms with Gasteiger partial charge in [0.15, 0.2) is 5.76 Å². The molecule has 2 N–H and O–H groups in total. The maximum Gasteiger partial charge on any atom is 0.433 e. The number of furan rings is 1. The molecule has 2 aromatic heterocycles. The fourth-order valence-electron chi connectivity index (χ4n) is 1.48. The van der Waals surface area contributed by atoms with Gasteiger partial charge in [-0.15, -0.1) is 0 Å². The fraction of sp³-hybridized carbons (Fsp3) is 0.0769. The van der Waals surface area contributed by atoms with Crippen LogP contribution in [0, 0.1) is 10.1 Å². The summed E-state index contributed by atoms with van der Waals surface area (Å²) >= 11 is 0. The lowest BCUT2D eigenvalue weighted by Gasteiger charge is -2.03. The average molecular weight is 317 g/mol. The van der Waals surface area contributed by atoms with E-state index in [1.54, 1.807) is 12.1 Å². The zero-order chi connectivity index (χ0) is 16.7. The fourth-order valence-corrected chi connectivity index (χ4v) is 1.48. The van der Waals surface area contributed by atoms with Crippen molar-refractivity contribution >= 4 is 23.9 Å². The molecule has 2 rings (SSSR count). The number of carbonyl (C=O) groups is 2. The molecule has 0 spiro atoms. The number of carbonyl (C=O) groups excluding carboxylic acids is 2. The maximum atomic E-state index is 11.7. The Morgan fingerprint density at radius 1 is 1.39 bits per heavy atom. The zero-order valence-electron chi connectivity index (χ0n) is 11.6. The first-order valence-electron chi connectivity index (χ1n) is 6.30. The van der Waals surface area contributed by atoms with Crippen LogP contribution in [-0.4, -0.2) is 34.5 Å². The molecule has 10 nitrogen and oxygen atoms in total. The summed E-state index contributed by atoms with van der Waals surface area (Å²) in [6.07, 6.45) is 4.00. The number of rotatable bonds is 6. The number of nitro groups is 1. The van der Waals surface area contributed by atoms with Crippen LogP contribution in [0.2, 0.25) is 0 Å². The second-order valence-corrected chi connectivity index (χ2v) is 4.15. The van der Waals surface area contributed by atoms with Crippen LogP contribution in [0.3, 0.4) is 0 Å². The Morgan fingerprint density at radius 2 is 2.22 bits per heavy atom. The molecule has 0 aliphatic heterocycles. The van der Waals surface area contributed by atoms with Crippen LogP contribution >= 0.6 is 0 Å². The first-order valence-corrected chi connectivity index (χ1v) is 6.30. The Labute approximate surface area is 129 Å². The van der Waals surface area contributed by atoms with Crippen molar-refractivity contribution in [2.45, 2.75) is 0 Å². The van der Waals surface area contributed by atoms with Crippen LogP contribution in [0.25, 0.3) is 0 Å². The van der Waals surface area contributed by atoms with Crippen molar-refractivity contribution in [3.8, 4) is 0 Å². The van der Waals surface area contributed by atoms with E-state index in [-0.39, 0.29) is 12.3 Å². The monoisotopic (exact) mass is 317 g/mol. The number of amides is 2. The number of hydrogen-bond acceptors (Lipinski definition) is 7. The van der Waals surface area contributed by atoms with Gasteiger partial charge in [0.05, 0.1) is 24.4 Å². The highest BCUT2D eigenvalue weighted by Crippen LogP contribution is 2.13. The Morgan fingerprint density at radius 3 is 2.87 bits per heavy atom. The molecule has 0 aromatic carbocycles. The molecule has 0 fully saturated rings. The van der Waals surface area contributed by atoms with Gasteiger partial charge in [-0.25, -0.2) is 5.43 Å². The summed E-state index contributed by atoms with van der Waals surface area (Å²) in [6, 6.07) is 5.65. The van der Waals surface area contributed by atoms with Gasteiger partial charge in [-0.2, -0.15) is 5.10 Å². The number of hydrogen-bond donors (Lipinski definition) is 2. The second-order valence-electron chi connectivity index (χ2n) is 4.15. The Bertz CT molecular complexity index is 740. The van der Waals surface area contributed by atoms with Gasteiger partial charge in [0.1, 0.15) is 4.92 Å². The van der Waals surface area contributed by atoms with E-state index in [0.29, 0.717) is 5.56 Å². The van der Waals surface area contributed by atoms with E-state index in [1.165, 1.54) is 18.5 Å². The van der Waals surface area contributed by atoms with Crippen LogP contribution < -0.4 is 10.7 Å². The highest BCUT2D eigenvalue weighted by molar-refractivity contribution is 5.96.